The predicted molar refractivity (Wildman–Crippen MR) is 80.3 cm³/mol. The SMILES string of the molecule is COC(=O)c1ccc(-c2cncc(N3CCCC3)n2)cc1. The van der Waals surface area contributed by atoms with Crippen LogP contribution in [0.25, 0.3) is 11.3 Å². The molecule has 1 aromatic heterocycles. The number of anilines is 1. The summed E-state index contributed by atoms with van der Waals surface area (Å²) in [5, 5.41) is 0. The molecule has 0 N–H and O–H groups in total. The van der Waals surface area contributed by atoms with E-state index < -0.39 is 0 Å². The topological polar surface area (TPSA) is 55.3 Å². The Bertz CT molecular complexity index is 634. The summed E-state index contributed by atoms with van der Waals surface area (Å²) in [4.78, 5) is 22.6. The van der Waals surface area contributed by atoms with Crippen molar-refractivity contribution in [2.75, 3.05) is 25.1 Å². The van der Waals surface area contributed by atoms with E-state index in [0.717, 1.165) is 30.2 Å². The van der Waals surface area contributed by atoms with Crippen LogP contribution in [-0.4, -0.2) is 36.1 Å². The van der Waals surface area contributed by atoms with Crippen molar-refractivity contribution in [3.05, 3.63) is 42.2 Å². The van der Waals surface area contributed by atoms with E-state index >= 15 is 0 Å². The minimum atomic E-state index is -0.335. The lowest BCUT2D eigenvalue weighted by Crippen LogP contribution is -2.19. The van der Waals surface area contributed by atoms with Crippen LogP contribution in [0.2, 0.25) is 0 Å². The average molecular weight is 283 g/mol. The highest BCUT2D eigenvalue weighted by Gasteiger charge is 2.14. The van der Waals surface area contributed by atoms with Gasteiger partial charge in [0.2, 0.25) is 0 Å². The zero-order chi connectivity index (χ0) is 14.7. The molecule has 1 aliphatic rings. The molecule has 1 saturated heterocycles. The fraction of sp³-hybridized carbons (Fsp3) is 0.312. The van der Waals surface area contributed by atoms with E-state index in [1.54, 1.807) is 24.5 Å². The van der Waals surface area contributed by atoms with Gasteiger partial charge in [-0.15, -0.1) is 0 Å². The summed E-state index contributed by atoms with van der Waals surface area (Å²) >= 11 is 0. The van der Waals surface area contributed by atoms with Crippen molar-refractivity contribution in [1.82, 2.24) is 9.97 Å². The lowest BCUT2D eigenvalue weighted by molar-refractivity contribution is 0.0601. The number of benzene rings is 1. The zero-order valence-electron chi connectivity index (χ0n) is 12.0. The monoisotopic (exact) mass is 283 g/mol. The maximum atomic E-state index is 11.4. The zero-order valence-corrected chi connectivity index (χ0v) is 12.0. The minimum Gasteiger partial charge on any atom is -0.465 e. The van der Waals surface area contributed by atoms with Crippen LogP contribution in [0.15, 0.2) is 36.7 Å². The molecule has 1 aliphatic heterocycles. The molecule has 2 aromatic rings. The van der Waals surface area contributed by atoms with E-state index in [9.17, 15) is 4.79 Å². The molecule has 5 heteroatoms. The molecule has 3 rings (SSSR count). The third-order valence-corrected chi connectivity index (χ3v) is 3.65. The number of hydrogen-bond acceptors (Lipinski definition) is 5. The van der Waals surface area contributed by atoms with Gasteiger partial charge in [0.25, 0.3) is 0 Å². The number of aromatic nitrogens is 2. The van der Waals surface area contributed by atoms with E-state index in [-0.39, 0.29) is 5.97 Å². The van der Waals surface area contributed by atoms with Gasteiger partial charge in [-0.25, -0.2) is 9.78 Å². The van der Waals surface area contributed by atoms with Gasteiger partial charge in [0, 0.05) is 18.7 Å². The van der Waals surface area contributed by atoms with Crippen molar-refractivity contribution >= 4 is 11.8 Å². The van der Waals surface area contributed by atoms with Crippen LogP contribution < -0.4 is 4.90 Å². The van der Waals surface area contributed by atoms with E-state index in [1.807, 2.05) is 12.1 Å². The van der Waals surface area contributed by atoms with Gasteiger partial charge in [-0.3, -0.25) is 4.98 Å². The largest absolute Gasteiger partial charge is 0.465 e. The third-order valence-electron chi connectivity index (χ3n) is 3.65. The second-order valence-corrected chi connectivity index (χ2v) is 5.03. The average Bonchev–Trinajstić information content (AvgIpc) is 3.09. The highest BCUT2D eigenvalue weighted by molar-refractivity contribution is 5.89. The van der Waals surface area contributed by atoms with Crippen molar-refractivity contribution in [3.8, 4) is 11.3 Å². The van der Waals surface area contributed by atoms with Crippen LogP contribution in [0.5, 0.6) is 0 Å². The van der Waals surface area contributed by atoms with E-state index in [0.29, 0.717) is 5.56 Å². The minimum absolute atomic E-state index is 0.335. The van der Waals surface area contributed by atoms with Crippen molar-refractivity contribution in [1.29, 1.82) is 0 Å². The summed E-state index contributed by atoms with van der Waals surface area (Å²) in [5.41, 5.74) is 2.29. The standard InChI is InChI=1S/C16H17N3O2/c1-21-16(20)13-6-4-12(5-7-13)14-10-17-11-15(18-14)19-8-2-3-9-19/h4-7,10-11H,2-3,8-9H2,1H3. The molecule has 5 nitrogen and oxygen atoms in total. The summed E-state index contributed by atoms with van der Waals surface area (Å²) in [5.74, 6) is 0.584. The molecule has 108 valence electrons. The highest BCUT2D eigenvalue weighted by atomic mass is 16.5. The van der Waals surface area contributed by atoms with Crippen molar-refractivity contribution < 1.29 is 9.53 Å². The molecule has 0 amide bonds. The first kappa shape index (κ1) is 13.5. The van der Waals surface area contributed by atoms with E-state index in [2.05, 4.69) is 14.9 Å². The second-order valence-electron chi connectivity index (χ2n) is 5.03. The van der Waals surface area contributed by atoms with Crippen LogP contribution in [0.3, 0.4) is 0 Å². The number of esters is 1. The first-order valence-corrected chi connectivity index (χ1v) is 7.03. The first-order valence-electron chi connectivity index (χ1n) is 7.03. The summed E-state index contributed by atoms with van der Waals surface area (Å²) in [6.07, 6.45) is 5.96. The predicted octanol–water partition coefficient (Wildman–Crippen LogP) is 2.53. The maximum absolute atomic E-state index is 11.4. The normalized spacial score (nSPS) is 14.2. The van der Waals surface area contributed by atoms with Gasteiger partial charge in [0.05, 0.1) is 30.8 Å². The first-order chi connectivity index (χ1) is 10.3. The second kappa shape index (κ2) is 5.91. The Hall–Kier alpha value is -2.43. The molecule has 0 spiro atoms. The van der Waals surface area contributed by atoms with Crippen LogP contribution in [0.4, 0.5) is 5.82 Å². The molecule has 2 heterocycles. The van der Waals surface area contributed by atoms with Crippen molar-refractivity contribution in [2.24, 2.45) is 0 Å². The molecule has 1 aromatic carbocycles. The van der Waals surface area contributed by atoms with Gasteiger partial charge >= 0.3 is 5.97 Å². The highest BCUT2D eigenvalue weighted by Crippen LogP contribution is 2.22. The van der Waals surface area contributed by atoms with Crippen molar-refractivity contribution in [3.63, 3.8) is 0 Å². The molecular weight excluding hydrogens is 266 g/mol. The Morgan fingerprint density at radius 3 is 2.52 bits per heavy atom. The molecule has 21 heavy (non-hydrogen) atoms. The molecule has 0 unspecified atom stereocenters. The molecular formula is C16H17N3O2. The maximum Gasteiger partial charge on any atom is 0.337 e. The van der Waals surface area contributed by atoms with Gasteiger partial charge < -0.3 is 9.64 Å². The van der Waals surface area contributed by atoms with Gasteiger partial charge in [-0.2, -0.15) is 0 Å². The summed E-state index contributed by atoms with van der Waals surface area (Å²) in [6.45, 7) is 2.08. The summed E-state index contributed by atoms with van der Waals surface area (Å²) < 4.78 is 4.69. The number of methoxy groups -OCH3 is 1. The van der Waals surface area contributed by atoms with Crippen LogP contribution in [0.1, 0.15) is 23.2 Å². The fourth-order valence-electron chi connectivity index (χ4n) is 2.49. The van der Waals surface area contributed by atoms with Crippen LogP contribution >= 0.6 is 0 Å². The Kier molecular flexibility index (Phi) is 3.81. The van der Waals surface area contributed by atoms with E-state index in [1.165, 1.54) is 20.0 Å². The number of rotatable bonds is 3. The summed E-state index contributed by atoms with van der Waals surface area (Å²) in [7, 11) is 1.38. The lowest BCUT2D eigenvalue weighted by atomic mass is 10.1. The lowest BCUT2D eigenvalue weighted by Gasteiger charge is -2.16. The quantitative estimate of drug-likeness (QED) is 0.810. The number of hydrogen-bond donors (Lipinski definition) is 0. The van der Waals surface area contributed by atoms with Gasteiger partial charge in [0.15, 0.2) is 0 Å². The number of carbonyl (C=O) groups excluding carboxylic acids is 1. The molecule has 0 aliphatic carbocycles. The molecule has 1 fully saturated rings. The number of ether oxygens (including phenoxy) is 1. The van der Waals surface area contributed by atoms with Crippen molar-refractivity contribution in [2.45, 2.75) is 12.8 Å². The van der Waals surface area contributed by atoms with Crippen LogP contribution in [-0.2, 0) is 4.74 Å². The molecule has 0 bridgehead atoms. The Balaban J connectivity index is 1.86. The third kappa shape index (κ3) is 2.86. The summed E-state index contributed by atoms with van der Waals surface area (Å²) in [6, 6.07) is 7.21. The number of carbonyl (C=O) groups is 1. The number of nitrogens with zero attached hydrogens (tertiary/aromatic N) is 3. The smallest absolute Gasteiger partial charge is 0.337 e. The van der Waals surface area contributed by atoms with Gasteiger partial charge in [-0.05, 0) is 25.0 Å². The molecule has 0 atom stereocenters. The van der Waals surface area contributed by atoms with Gasteiger partial charge in [0.1, 0.15) is 5.82 Å². The molecule has 0 radical (unpaired) electrons. The Labute approximate surface area is 123 Å². The Morgan fingerprint density at radius 2 is 1.86 bits per heavy atom. The Morgan fingerprint density at radius 1 is 1.14 bits per heavy atom. The van der Waals surface area contributed by atoms with Crippen LogP contribution in [0, 0.1) is 0 Å². The van der Waals surface area contributed by atoms with Gasteiger partial charge in [-0.1, -0.05) is 12.1 Å². The molecule has 0 saturated carbocycles. The fourth-order valence-corrected chi connectivity index (χ4v) is 2.49. The van der Waals surface area contributed by atoms with E-state index in [4.69, 9.17) is 4.74 Å².